The van der Waals surface area contributed by atoms with Crippen LogP contribution in [0.1, 0.15) is 36.8 Å². The van der Waals surface area contributed by atoms with Crippen LogP contribution in [0.3, 0.4) is 0 Å². The third-order valence-corrected chi connectivity index (χ3v) is 7.22. The molecule has 1 unspecified atom stereocenters. The molecule has 188 valence electrons. The van der Waals surface area contributed by atoms with Crippen LogP contribution < -0.4 is 19.7 Å². The van der Waals surface area contributed by atoms with E-state index in [1.165, 1.54) is 12.3 Å². The third kappa shape index (κ3) is 4.89. The van der Waals surface area contributed by atoms with Crippen molar-refractivity contribution in [2.45, 2.75) is 37.3 Å². The van der Waals surface area contributed by atoms with Gasteiger partial charge in [0.15, 0.2) is 11.5 Å². The van der Waals surface area contributed by atoms with Gasteiger partial charge in [0.25, 0.3) is 0 Å². The van der Waals surface area contributed by atoms with E-state index < -0.39 is 17.7 Å². The summed E-state index contributed by atoms with van der Waals surface area (Å²) < 4.78 is 57.1. The summed E-state index contributed by atoms with van der Waals surface area (Å²) >= 11 is 0. The number of carbonyl (C=O) groups is 1. The van der Waals surface area contributed by atoms with Gasteiger partial charge >= 0.3 is 6.18 Å². The van der Waals surface area contributed by atoms with Gasteiger partial charge in [0.1, 0.15) is 5.82 Å². The first-order chi connectivity index (χ1) is 16.9. The van der Waals surface area contributed by atoms with Gasteiger partial charge in [0, 0.05) is 44.5 Å². The summed E-state index contributed by atoms with van der Waals surface area (Å²) in [6.45, 7) is 2.41. The molecular weight excluding hydrogens is 463 g/mol. The van der Waals surface area contributed by atoms with Crippen molar-refractivity contribution >= 4 is 11.7 Å². The molecule has 35 heavy (non-hydrogen) atoms. The second kappa shape index (κ2) is 9.56. The van der Waals surface area contributed by atoms with Crippen LogP contribution in [0.2, 0.25) is 0 Å². The Morgan fingerprint density at radius 2 is 1.97 bits per heavy atom. The van der Waals surface area contributed by atoms with Crippen LogP contribution in [-0.4, -0.2) is 50.5 Å². The number of rotatable bonds is 5. The molecule has 0 saturated carbocycles. The average molecular weight is 492 g/mol. The largest absolute Gasteiger partial charge is 0.454 e. The number of aromatic nitrogens is 1. The molecule has 3 aliphatic rings. The molecule has 0 radical (unpaired) electrons. The summed E-state index contributed by atoms with van der Waals surface area (Å²) in [6, 6.07) is 8.19. The van der Waals surface area contributed by atoms with E-state index in [9.17, 15) is 18.0 Å². The highest BCUT2D eigenvalue weighted by molar-refractivity contribution is 5.79. The lowest BCUT2D eigenvalue weighted by molar-refractivity contribution is -0.137. The molecule has 3 aliphatic heterocycles. The van der Waals surface area contributed by atoms with E-state index in [-0.39, 0.29) is 30.5 Å². The van der Waals surface area contributed by atoms with Crippen molar-refractivity contribution in [1.82, 2.24) is 10.3 Å². The standard InChI is InChI=1S/C25H28F3N3O4/c26-25(27,28)19-4-1-9-29-22(19)31-10-2-3-17(14-31)23(32)30-15-24(7-11-33-12-8-24)18-5-6-20-21(13-18)35-16-34-20/h1,4-6,9,13,17H,2-3,7-8,10-12,14-16H2,(H,30,32). The normalized spacial score (nSPS) is 21.6. The maximum atomic E-state index is 13.5. The van der Waals surface area contributed by atoms with Crippen molar-refractivity contribution in [3.8, 4) is 11.5 Å². The first-order valence-electron chi connectivity index (χ1n) is 11.9. The number of nitrogens with one attached hydrogen (secondary N) is 1. The number of halogens is 3. The van der Waals surface area contributed by atoms with Gasteiger partial charge in [0.05, 0.1) is 11.5 Å². The fourth-order valence-electron chi connectivity index (χ4n) is 5.21. The molecule has 2 fully saturated rings. The lowest BCUT2D eigenvalue weighted by atomic mass is 9.74. The molecule has 0 bridgehead atoms. The van der Waals surface area contributed by atoms with Gasteiger partial charge in [-0.05, 0) is 55.5 Å². The third-order valence-electron chi connectivity index (χ3n) is 7.22. The van der Waals surface area contributed by atoms with Gasteiger partial charge in [-0.2, -0.15) is 13.2 Å². The van der Waals surface area contributed by atoms with E-state index >= 15 is 0 Å². The fraction of sp³-hybridized carbons (Fsp3) is 0.520. The summed E-state index contributed by atoms with van der Waals surface area (Å²) in [5.74, 6) is 0.721. The second-order valence-corrected chi connectivity index (χ2v) is 9.34. The van der Waals surface area contributed by atoms with E-state index in [1.807, 2.05) is 18.2 Å². The number of alkyl halides is 3. The van der Waals surface area contributed by atoms with Gasteiger partial charge in [-0.1, -0.05) is 6.07 Å². The van der Waals surface area contributed by atoms with Gasteiger partial charge in [-0.25, -0.2) is 4.98 Å². The fourth-order valence-corrected chi connectivity index (χ4v) is 5.21. The smallest absolute Gasteiger partial charge is 0.419 e. The minimum atomic E-state index is -4.50. The number of nitrogens with zero attached hydrogens (tertiary/aromatic N) is 2. The van der Waals surface area contributed by atoms with E-state index in [4.69, 9.17) is 14.2 Å². The van der Waals surface area contributed by atoms with Crippen LogP contribution in [0.4, 0.5) is 19.0 Å². The maximum absolute atomic E-state index is 13.5. The highest BCUT2D eigenvalue weighted by Crippen LogP contribution is 2.41. The number of piperidine rings is 1. The Morgan fingerprint density at radius 1 is 1.17 bits per heavy atom. The van der Waals surface area contributed by atoms with Crippen LogP contribution in [0, 0.1) is 5.92 Å². The molecule has 7 nitrogen and oxygen atoms in total. The number of anilines is 1. The lowest BCUT2D eigenvalue weighted by Gasteiger charge is -2.39. The first-order valence-corrected chi connectivity index (χ1v) is 11.9. The molecule has 10 heteroatoms. The molecule has 1 aromatic heterocycles. The van der Waals surface area contributed by atoms with Crippen molar-refractivity contribution in [3.63, 3.8) is 0 Å². The van der Waals surface area contributed by atoms with Gasteiger partial charge < -0.3 is 24.4 Å². The molecule has 1 aromatic carbocycles. The predicted octanol–water partition coefficient (Wildman–Crippen LogP) is 3.91. The Hall–Kier alpha value is -3.01. The number of fused-ring (bicyclic) bond motifs is 1. The molecule has 5 rings (SSSR count). The summed E-state index contributed by atoms with van der Waals surface area (Å²) in [4.78, 5) is 18.8. The van der Waals surface area contributed by atoms with Crippen molar-refractivity contribution in [3.05, 3.63) is 47.7 Å². The number of amides is 1. The summed E-state index contributed by atoms with van der Waals surface area (Å²) in [7, 11) is 0. The van der Waals surface area contributed by atoms with Crippen LogP contribution >= 0.6 is 0 Å². The Kier molecular flexibility index (Phi) is 6.48. The molecule has 2 aromatic rings. The van der Waals surface area contributed by atoms with Crippen LogP contribution in [0.5, 0.6) is 11.5 Å². The quantitative estimate of drug-likeness (QED) is 0.684. The number of benzene rings is 1. The van der Waals surface area contributed by atoms with Crippen molar-refractivity contribution in [2.75, 3.05) is 44.5 Å². The molecule has 0 aliphatic carbocycles. The van der Waals surface area contributed by atoms with E-state index in [1.54, 1.807) is 4.90 Å². The number of carbonyl (C=O) groups excluding carboxylic acids is 1. The number of hydrogen-bond acceptors (Lipinski definition) is 6. The second-order valence-electron chi connectivity index (χ2n) is 9.34. The van der Waals surface area contributed by atoms with Crippen LogP contribution in [-0.2, 0) is 21.1 Å². The highest BCUT2D eigenvalue weighted by atomic mass is 19.4. The molecule has 1 amide bonds. The first kappa shape index (κ1) is 23.7. The monoisotopic (exact) mass is 491 g/mol. The number of hydrogen-bond donors (Lipinski definition) is 1. The van der Waals surface area contributed by atoms with Crippen LogP contribution in [0.25, 0.3) is 0 Å². The van der Waals surface area contributed by atoms with Gasteiger partial charge in [0.2, 0.25) is 12.7 Å². The van der Waals surface area contributed by atoms with Crippen LogP contribution in [0.15, 0.2) is 36.5 Å². The molecular formula is C25H28F3N3O4. The van der Waals surface area contributed by atoms with E-state index in [0.29, 0.717) is 50.6 Å². The van der Waals surface area contributed by atoms with E-state index in [0.717, 1.165) is 24.5 Å². The molecule has 0 spiro atoms. The summed E-state index contributed by atoms with van der Waals surface area (Å²) in [6.07, 6.45) is -0.420. The molecule has 1 atom stereocenters. The summed E-state index contributed by atoms with van der Waals surface area (Å²) in [5, 5.41) is 3.11. The molecule has 4 heterocycles. The average Bonchev–Trinajstić information content (AvgIpc) is 3.35. The Bertz CT molecular complexity index is 1070. The SMILES string of the molecule is O=C(NCC1(c2ccc3c(c2)OCO3)CCOCC1)C1CCCN(c2ncccc2C(F)(F)F)C1. The predicted molar refractivity (Wildman–Crippen MR) is 121 cm³/mol. The Morgan fingerprint density at radius 3 is 2.77 bits per heavy atom. The van der Waals surface area contributed by atoms with Crippen molar-refractivity contribution in [2.24, 2.45) is 5.92 Å². The zero-order chi connectivity index (χ0) is 24.5. The maximum Gasteiger partial charge on any atom is 0.419 e. The molecule has 2 saturated heterocycles. The number of ether oxygens (including phenoxy) is 3. The van der Waals surface area contributed by atoms with Crippen molar-refractivity contribution in [1.29, 1.82) is 0 Å². The number of pyridine rings is 1. The zero-order valence-electron chi connectivity index (χ0n) is 19.3. The van der Waals surface area contributed by atoms with Gasteiger partial charge in [-0.3, -0.25) is 4.79 Å². The van der Waals surface area contributed by atoms with Gasteiger partial charge in [-0.15, -0.1) is 0 Å². The minimum absolute atomic E-state index is 0.112. The Balaban J connectivity index is 1.29. The van der Waals surface area contributed by atoms with Crippen molar-refractivity contribution < 1.29 is 32.2 Å². The topological polar surface area (TPSA) is 72.9 Å². The molecule has 1 N–H and O–H groups in total. The van der Waals surface area contributed by atoms with E-state index in [2.05, 4.69) is 10.3 Å². The summed E-state index contributed by atoms with van der Waals surface area (Å²) in [5.41, 5.74) is -0.0304. The zero-order valence-corrected chi connectivity index (χ0v) is 19.3. The minimum Gasteiger partial charge on any atom is -0.454 e. The highest BCUT2D eigenvalue weighted by Gasteiger charge is 2.39. The Labute approximate surface area is 201 Å². The lowest BCUT2D eigenvalue weighted by Crippen LogP contribution is -2.49.